The molecule has 0 amide bonds. The lowest BCUT2D eigenvalue weighted by Crippen LogP contribution is -1.70. The molecule has 0 nitrogen and oxygen atoms in total. The average Bonchev–Trinajstić information content (AvgIpc) is 1.38. The van der Waals surface area contributed by atoms with Crippen LogP contribution in [0.2, 0.25) is 0 Å². The summed E-state index contributed by atoms with van der Waals surface area (Å²) < 4.78 is 10.8. The molecule has 0 spiro atoms. The molecule has 0 aliphatic rings. The van der Waals surface area contributed by atoms with E-state index in [0.717, 1.165) is 0 Å². The summed E-state index contributed by atoms with van der Waals surface area (Å²) in [6.07, 6.45) is 0. The van der Waals surface area contributed by atoms with Crippen molar-refractivity contribution in [1.29, 1.82) is 0 Å². The molecule has 0 rings (SSSR count). The van der Waals surface area contributed by atoms with E-state index in [9.17, 15) is 4.32 Å². The number of halogens is 2. The molecule has 2 unspecified atom stereocenters. The van der Waals surface area contributed by atoms with Crippen LogP contribution in [0.25, 0.3) is 0 Å². The van der Waals surface area contributed by atoms with E-state index in [2.05, 4.69) is 8.93 Å². The van der Waals surface area contributed by atoms with E-state index in [1.807, 2.05) is 0 Å². The molecule has 0 heterocycles. The SMILES string of the molecule is FB(I)PP. The van der Waals surface area contributed by atoms with Crippen LogP contribution >= 0.6 is 39.5 Å². The highest BCUT2D eigenvalue weighted by Gasteiger charge is 1.99. The van der Waals surface area contributed by atoms with E-state index in [4.69, 9.17) is 0 Å². The van der Waals surface area contributed by atoms with Crippen LogP contribution in [0.1, 0.15) is 0 Å². The minimum atomic E-state index is -0.655. The van der Waals surface area contributed by atoms with E-state index < -0.39 is 4.57 Å². The highest BCUT2D eigenvalue weighted by molar-refractivity contribution is 14.1. The van der Waals surface area contributed by atoms with Gasteiger partial charge >= 0.3 is 4.57 Å². The standard InChI is InChI=1S/BFH3IP2/c2-1(3)5-4/h5H,4H2. The summed E-state index contributed by atoms with van der Waals surface area (Å²) in [5, 5.41) is 0. The molecule has 5 heavy (non-hydrogen) atoms. The van der Waals surface area contributed by atoms with Gasteiger partial charge in [-0.3, -0.25) is 0 Å². The summed E-state index contributed by atoms with van der Waals surface area (Å²) >= 11 is 1.73. The molecule has 0 bridgehead atoms. The Hall–Kier alpha value is 1.58. The van der Waals surface area contributed by atoms with Crippen LogP contribution in [-0.4, -0.2) is 4.57 Å². The van der Waals surface area contributed by atoms with Gasteiger partial charge in [0, 0.05) is 0 Å². The second-order valence-corrected chi connectivity index (χ2v) is 4.58. The van der Waals surface area contributed by atoms with Crippen LogP contribution in [0.15, 0.2) is 0 Å². The second-order valence-electron chi connectivity index (χ2n) is 0.467. The molecule has 0 fully saturated rings. The van der Waals surface area contributed by atoms with Crippen molar-refractivity contribution < 1.29 is 4.32 Å². The van der Waals surface area contributed by atoms with E-state index in [1.54, 1.807) is 22.4 Å². The minimum absolute atomic E-state index is 0.351. The van der Waals surface area contributed by atoms with Crippen molar-refractivity contribution in [2.45, 2.75) is 0 Å². The topological polar surface area (TPSA) is 0 Å². The van der Waals surface area contributed by atoms with Crippen LogP contribution in [0.5, 0.6) is 0 Å². The molecule has 0 aromatic heterocycles. The zero-order chi connectivity index (χ0) is 4.28. The first-order chi connectivity index (χ1) is 2.27. The van der Waals surface area contributed by atoms with Gasteiger partial charge < -0.3 is 4.32 Å². The maximum absolute atomic E-state index is 11.4. The Bertz CT molecular complexity index is 23.6. The quantitative estimate of drug-likeness (QED) is 0.360. The second kappa shape index (κ2) is 3.76. The van der Waals surface area contributed by atoms with Crippen LogP contribution in [-0.2, 0) is 0 Å². The summed E-state index contributed by atoms with van der Waals surface area (Å²) in [4.78, 5) is 0. The van der Waals surface area contributed by atoms with Crippen LogP contribution < -0.4 is 0 Å². The fraction of sp³-hybridized carbons (Fsp3) is 0. The van der Waals surface area contributed by atoms with Crippen molar-refractivity contribution in [2.24, 2.45) is 0 Å². The molecule has 0 saturated heterocycles. The molecule has 0 N–H and O–H groups in total. The van der Waals surface area contributed by atoms with Gasteiger partial charge in [-0.2, -0.15) is 0 Å². The first-order valence-corrected chi connectivity index (χ1v) is 5.15. The van der Waals surface area contributed by atoms with Gasteiger partial charge in [-0.05, 0) is 0 Å². The molecule has 5 heteroatoms. The van der Waals surface area contributed by atoms with E-state index in [0.29, 0.717) is 8.15 Å². The van der Waals surface area contributed by atoms with Crippen LogP contribution in [0.4, 0.5) is 4.32 Å². The predicted molar refractivity (Wildman–Crippen MR) is 38.9 cm³/mol. The van der Waals surface area contributed by atoms with Gasteiger partial charge in [0.25, 0.3) is 0 Å². The third kappa shape index (κ3) is 5.58. The maximum atomic E-state index is 11.4. The lowest BCUT2D eigenvalue weighted by molar-refractivity contribution is 0.891. The molecule has 0 radical (unpaired) electrons. The number of hydrogen-bond acceptors (Lipinski definition) is 0. The van der Waals surface area contributed by atoms with Gasteiger partial charge in [0.2, 0.25) is 0 Å². The Kier molecular flexibility index (Phi) is 4.96. The van der Waals surface area contributed by atoms with Crippen molar-refractivity contribution in [3.8, 4) is 0 Å². The van der Waals surface area contributed by atoms with E-state index >= 15 is 0 Å². The third-order valence-corrected chi connectivity index (χ3v) is 4.37. The summed E-state index contributed by atoms with van der Waals surface area (Å²) in [6.45, 7) is 0. The normalized spacial score (nSPS) is 10.2. The first kappa shape index (κ1) is 6.58. The van der Waals surface area contributed by atoms with Crippen molar-refractivity contribution in [2.75, 3.05) is 0 Å². The number of rotatable bonds is 1. The monoisotopic (exact) mass is 222 g/mol. The Morgan fingerprint density at radius 1 is 2.00 bits per heavy atom. The largest absolute Gasteiger partial charge is 0.442 e. The molecule has 0 saturated carbocycles. The Balaban J connectivity index is 2.54. The van der Waals surface area contributed by atoms with Gasteiger partial charge in [-0.25, -0.2) is 0 Å². The molecular formula is H3BFIP2. The van der Waals surface area contributed by atoms with E-state index in [-0.39, 0.29) is 0 Å². The summed E-state index contributed by atoms with van der Waals surface area (Å²) in [5.41, 5.74) is 0. The fourth-order valence-electron chi connectivity index (χ4n) is 0. The lowest BCUT2D eigenvalue weighted by Gasteiger charge is -1.77. The van der Waals surface area contributed by atoms with Gasteiger partial charge in [0.05, 0.1) is 0 Å². The summed E-state index contributed by atoms with van der Waals surface area (Å²) in [6, 6.07) is 0. The fourth-order valence-corrected chi connectivity index (χ4v) is 0. The minimum Gasteiger partial charge on any atom is -0.314 e. The van der Waals surface area contributed by atoms with Crippen molar-refractivity contribution in [3.63, 3.8) is 0 Å². The molecule has 30 valence electrons. The van der Waals surface area contributed by atoms with Crippen molar-refractivity contribution in [3.05, 3.63) is 0 Å². The van der Waals surface area contributed by atoms with E-state index in [1.165, 1.54) is 0 Å². The van der Waals surface area contributed by atoms with Crippen LogP contribution in [0, 0.1) is 0 Å². The molecule has 0 aliphatic carbocycles. The predicted octanol–water partition coefficient (Wildman–Crippen LogP) is 1.84. The van der Waals surface area contributed by atoms with Gasteiger partial charge in [0.1, 0.15) is 0 Å². The zero-order valence-corrected chi connectivity index (χ0v) is 6.72. The first-order valence-electron chi connectivity index (χ1n) is 1.01. The zero-order valence-electron chi connectivity index (χ0n) is 2.41. The molecule has 2 atom stereocenters. The molecule has 0 aromatic rings. The Morgan fingerprint density at radius 2 is 2.20 bits per heavy atom. The maximum Gasteiger partial charge on any atom is 0.442 e. The van der Waals surface area contributed by atoms with Gasteiger partial charge in [-0.15, -0.1) is 8.93 Å². The molecule has 0 aromatic carbocycles. The highest BCUT2D eigenvalue weighted by atomic mass is 127. The van der Waals surface area contributed by atoms with Crippen molar-refractivity contribution >= 4 is 44.0 Å². The number of hydrogen-bond donors (Lipinski definition) is 0. The smallest absolute Gasteiger partial charge is 0.314 e. The molecule has 0 aliphatic heterocycles. The third-order valence-electron chi connectivity index (χ3n) is 0.126. The Morgan fingerprint density at radius 3 is 2.20 bits per heavy atom. The summed E-state index contributed by atoms with van der Waals surface area (Å²) in [5.74, 6) is 0. The average molecular weight is 222 g/mol. The van der Waals surface area contributed by atoms with Crippen molar-refractivity contribution in [1.82, 2.24) is 0 Å². The Labute approximate surface area is 48.5 Å². The van der Waals surface area contributed by atoms with Crippen LogP contribution in [0.3, 0.4) is 0 Å². The lowest BCUT2D eigenvalue weighted by atomic mass is 10.6. The molecular weight excluding hydrogens is 219 g/mol. The van der Waals surface area contributed by atoms with Gasteiger partial charge in [-0.1, -0.05) is 30.5 Å². The summed E-state index contributed by atoms with van der Waals surface area (Å²) in [7, 11) is 2.69. The highest BCUT2D eigenvalue weighted by Crippen LogP contribution is 2.28. The van der Waals surface area contributed by atoms with Gasteiger partial charge in [0.15, 0.2) is 0 Å².